The van der Waals surface area contributed by atoms with Gasteiger partial charge in [-0.3, -0.25) is 9.78 Å². The Bertz CT molecular complexity index is 593. The number of nitrogens with one attached hydrogen (secondary N) is 1. The van der Waals surface area contributed by atoms with Crippen molar-refractivity contribution in [3.05, 3.63) is 59.9 Å². The van der Waals surface area contributed by atoms with Crippen LogP contribution in [-0.4, -0.2) is 10.9 Å². The summed E-state index contributed by atoms with van der Waals surface area (Å²) in [5.74, 6) is -0.402. The summed E-state index contributed by atoms with van der Waals surface area (Å²) in [5, 5.41) is 2.90. The first-order valence-corrected chi connectivity index (χ1v) is 6.61. The normalized spacial score (nSPS) is 12.3. The molecule has 1 aromatic carbocycles. The Labute approximate surface area is 143 Å². The maximum atomic E-state index is 12.3. The minimum Gasteiger partial charge on any atom is -0.325 e. The molecule has 3 N–H and O–H groups in total. The molecule has 1 amide bonds. The molecule has 2 atom stereocenters. The predicted octanol–water partition coefficient (Wildman–Crippen LogP) is 3.51. The van der Waals surface area contributed by atoms with E-state index in [1.54, 1.807) is 18.5 Å². The van der Waals surface area contributed by atoms with E-state index < -0.39 is 0 Å². The minimum absolute atomic E-state index is 0. The number of nitrogens with two attached hydrogens (primary N) is 1. The van der Waals surface area contributed by atoms with Gasteiger partial charge in [0.05, 0.1) is 5.92 Å². The second kappa shape index (κ2) is 9.41. The molecule has 0 saturated carbocycles. The molecule has 0 aliphatic carbocycles. The van der Waals surface area contributed by atoms with Crippen molar-refractivity contribution in [1.82, 2.24) is 4.98 Å². The topological polar surface area (TPSA) is 68.0 Å². The molecular weight excluding hydrogens is 321 g/mol. The number of hydrogen-bond acceptors (Lipinski definition) is 3. The van der Waals surface area contributed by atoms with Crippen molar-refractivity contribution >= 4 is 36.4 Å². The van der Waals surface area contributed by atoms with E-state index in [1.165, 1.54) is 0 Å². The lowest BCUT2D eigenvalue weighted by Crippen LogP contribution is -2.30. The number of carbonyl (C=O) groups is 1. The van der Waals surface area contributed by atoms with E-state index in [1.807, 2.05) is 44.2 Å². The first kappa shape index (κ1) is 20.4. The molecule has 2 aromatic rings. The van der Waals surface area contributed by atoms with Gasteiger partial charge in [0.15, 0.2) is 0 Å². The lowest BCUT2D eigenvalue weighted by molar-refractivity contribution is -0.120. The highest BCUT2D eigenvalue weighted by Crippen LogP contribution is 2.21. The van der Waals surface area contributed by atoms with Crippen LogP contribution in [0.15, 0.2) is 48.8 Å². The van der Waals surface area contributed by atoms with Gasteiger partial charge in [0.1, 0.15) is 0 Å². The summed E-state index contributed by atoms with van der Waals surface area (Å²) in [6, 6.07) is 11.1. The fraction of sp³-hybridized carbons (Fsp3) is 0.250. The zero-order chi connectivity index (χ0) is 14.5. The van der Waals surface area contributed by atoms with Crippen LogP contribution >= 0.6 is 24.8 Å². The molecule has 0 aliphatic rings. The van der Waals surface area contributed by atoms with Crippen LogP contribution in [0.5, 0.6) is 0 Å². The number of rotatable bonds is 4. The molecule has 0 aliphatic heterocycles. The average Bonchev–Trinajstić information content (AvgIpc) is 2.49. The zero-order valence-electron chi connectivity index (χ0n) is 12.5. The van der Waals surface area contributed by atoms with Crippen LogP contribution < -0.4 is 11.1 Å². The summed E-state index contributed by atoms with van der Waals surface area (Å²) in [5.41, 5.74) is 8.82. The Kier molecular flexibility index (Phi) is 8.72. The molecule has 0 bridgehead atoms. The van der Waals surface area contributed by atoms with E-state index in [4.69, 9.17) is 5.73 Å². The number of hydrogen-bond donors (Lipinski definition) is 2. The average molecular weight is 342 g/mol. The van der Waals surface area contributed by atoms with Crippen LogP contribution in [0.3, 0.4) is 0 Å². The van der Waals surface area contributed by atoms with Gasteiger partial charge in [-0.15, -0.1) is 24.8 Å². The van der Waals surface area contributed by atoms with Crippen LogP contribution in [0.25, 0.3) is 0 Å². The highest BCUT2D eigenvalue weighted by Gasteiger charge is 2.22. The van der Waals surface area contributed by atoms with Crippen LogP contribution in [0.1, 0.15) is 24.1 Å². The molecule has 1 aromatic heterocycles. The Morgan fingerprint density at radius 2 is 1.82 bits per heavy atom. The van der Waals surface area contributed by atoms with E-state index in [-0.39, 0.29) is 42.7 Å². The summed E-state index contributed by atoms with van der Waals surface area (Å²) in [7, 11) is 0. The van der Waals surface area contributed by atoms with E-state index in [0.717, 1.165) is 16.8 Å². The van der Waals surface area contributed by atoms with Crippen molar-refractivity contribution in [1.29, 1.82) is 0 Å². The maximum Gasteiger partial charge on any atom is 0.229 e. The van der Waals surface area contributed by atoms with Crippen molar-refractivity contribution in [3.8, 4) is 0 Å². The van der Waals surface area contributed by atoms with E-state index in [9.17, 15) is 4.79 Å². The number of pyridine rings is 1. The summed E-state index contributed by atoms with van der Waals surface area (Å²) in [6.45, 7) is 3.74. The highest BCUT2D eigenvalue weighted by atomic mass is 35.5. The maximum absolute atomic E-state index is 12.3. The minimum atomic E-state index is -0.321. The lowest BCUT2D eigenvalue weighted by Gasteiger charge is -2.20. The first-order valence-electron chi connectivity index (χ1n) is 6.61. The molecule has 1 heterocycles. The van der Waals surface area contributed by atoms with Crippen molar-refractivity contribution < 1.29 is 4.79 Å². The smallest absolute Gasteiger partial charge is 0.229 e. The SMILES string of the molecule is Cc1cnccc1NC(=O)C(C)C(N)c1ccccc1.Cl.Cl. The number of aryl methyl sites for hydroxylation is 1. The van der Waals surface area contributed by atoms with Crippen molar-refractivity contribution in [2.24, 2.45) is 11.7 Å². The first-order chi connectivity index (χ1) is 9.59. The summed E-state index contributed by atoms with van der Waals surface area (Å²) < 4.78 is 0. The lowest BCUT2D eigenvalue weighted by atomic mass is 9.94. The Morgan fingerprint density at radius 3 is 2.41 bits per heavy atom. The van der Waals surface area contributed by atoms with Gasteiger partial charge in [0, 0.05) is 24.1 Å². The summed E-state index contributed by atoms with van der Waals surface area (Å²) in [4.78, 5) is 16.3. The molecule has 22 heavy (non-hydrogen) atoms. The third-order valence-electron chi connectivity index (χ3n) is 3.41. The number of aromatic nitrogens is 1. The highest BCUT2D eigenvalue weighted by molar-refractivity contribution is 5.93. The molecule has 2 rings (SSSR count). The van der Waals surface area contributed by atoms with Gasteiger partial charge in [-0.2, -0.15) is 0 Å². The number of anilines is 1. The standard InChI is InChI=1S/C16H19N3O.2ClH/c1-11-10-18-9-8-14(11)19-16(20)12(2)15(17)13-6-4-3-5-7-13;;/h3-10,12,15H,17H2,1-2H3,(H,18,19,20);2*1H. The van der Waals surface area contributed by atoms with Crippen molar-refractivity contribution in [2.75, 3.05) is 5.32 Å². The van der Waals surface area contributed by atoms with Crippen LogP contribution in [-0.2, 0) is 4.79 Å². The quantitative estimate of drug-likeness (QED) is 0.893. The van der Waals surface area contributed by atoms with Gasteiger partial charge in [0.2, 0.25) is 5.91 Å². The molecular formula is C16H21Cl2N3O. The number of halogens is 2. The molecule has 0 radical (unpaired) electrons. The van der Waals surface area contributed by atoms with Crippen LogP contribution in [0.4, 0.5) is 5.69 Å². The third kappa shape index (κ3) is 4.98. The largest absolute Gasteiger partial charge is 0.325 e. The van der Waals surface area contributed by atoms with Gasteiger partial charge >= 0.3 is 0 Å². The molecule has 0 spiro atoms. The number of carbonyl (C=O) groups excluding carboxylic acids is 1. The second-order valence-electron chi connectivity index (χ2n) is 4.90. The monoisotopic (exact) mass is 341 g/mol. The Balaban J connectivity index is 0.00000220. The molecule has 4 nitrogen and oxygen atoms in total. The molecule has 0 fully saturated rings. The fourth-order valence-corrected chi connectivity index (χ4v) is 1.99. The third-order valence-corrected chi connectivity index (χ3v) is 3.41. The fourth-order valence-electron chi connectivity index (χ4n) is 1.99. The zero-order valence-corrected chi connectivity index (χ0v) is 14.2. The van der Waals surface area contributed by atoms with Crippen LogP contribution in [0, 0.1) is 12.8 Å². The molecule has 0 saturated heterocycles. The summed E-state index contributed by atoms with van der Waals surface area (Å²) >= 11 is 0. The molecule has 6 heteroatoms. The molecule has 120 valence electrons. The van der Waals surface area contributed by atoms with Crippen molar-refractivity contribution in [3.63, 3.8) is 0 Å². The molecule has 2 unspecified atom stereocenters. The van der Waals surface area contributed by atoms with Gasteiger partial charge in [-0.05, 0) is 24.1 Å². The Hall–Kier alpha value is -1.62. The van der Waals surface area contributed by atoms with Gasteiger partial charge in [0.25, 0.3) is 0 Å². The van der Waals surface area contributed by atoms with Crippen LogP contribution in [0.2, 0.25) is 0 Å². The number of amides is 1. The number of nitrogens with zero attached hydrogens (tertiary/aromatic N) is 1. The van der Waals surface area contributed by atoms with Gasteiger partial charge in [-0.25, -0.2) is 0 Å². The van der Waals surface area contributed by atoms with E-state index in [0.29, 0.717) is 0 Å². The van der Waals surface area contributed by atoms with Gasteiger partial charge < -0.3 is 11.1 Å². The van der Waals surface area contributed by atoms with Gasteiger partial charge in [-0.1, -0.05) is 37.3 Å². The van der Waals surface area contributed by atoms with E-state index >= 15 is 0 Å². The number of benzene rings is 1. The summed E-state index contributed by atoms with van der Waals surface area (Å²) in [6.07, 6.45) is 3.38. The predicted molar refractivity (Wildman–Crippen MR) is 94.6 cm³/mol. The van der Waals surface area contributed by atoms with E-state index in [2.05, 4.69) is 10.3 Å². The Morgan fingerprint density at radius 1 is 1.18 bits per heavy atom. The second-order valence-corrected chi connectivity index (χ2v) is 4.90. The van der Waals surface area contributed by atoms with Crippen molar-refractivity contribution in [2.45, 2.75) is 19.9 Å².